The van der Waals surface area contributed by atoms with Crippen molar-refractivity contribution in [3.05, 3.63) is 35.1 Å². The third kappa shape index (κ3) is 3.23. The molecule has 0 spiro atoms. The topological polar surface area (TPSA) is 29.4 Å². The lowest BCUT2D eigenvalue weighted by atomic mass is 10.1. The normalized spacial score (nSPS) is 14.3. The minimum absolute atomic E-state index is 0.308. The summed E-state index contributed by atoms with van der Waals surface area (Å²) in [4.78, 5) is 0. The number of hydrogen-bond donors (Lipinski definition) is 0. The summed E-state index contributed by atoms with van der Waals surface area (Å²) in [6.45, 7) is 7.17. The van der Waals surface area contributed by atoms with E-state index in [1.807, 2.05) is 20.8 Å². The lowest BCUT2D eigenvalue weighted by Gasteiger charge is -2.12. The van der Waals surface area contributed by atoms with E-state index in [9.17, 15) is 8.60 Å². The Labute approximate surface area is 98.2 Å². The lowest BCUT2D eigenvalue weighted by Crippen LogP contribution is -2.19. The van der Waals surface area contributed by atoms with Crippen molar-refractivity contribution in [1.82, 2.24) is 0 Å². The summed E-state index contributed by atoms with van der Waals surface area (Å²) >= 11 is 0. The van der Waals surface area contributed by atoms with Gasteiger partial charge in [0.05, 0.1) is 4.75 Å². The van der Waals surface area contributed by atoms with E-state index >= 15 is 0 Å². The molecule has 1 atom stereocenters. The molecule has 88 valence electrons. The van der Waals surface area contributed by atoms with Gasteiger partial charge in [0, 0.05) is 11.8 Å². The first-order valence-corrected chi connectivity index (χ1v) is 6.14. The third-order valence-electron chi connectivity index (χ3n) is 2.03. The molecule has 0 fully saturated rings. The first-order chi connectivity index (χ1) is 7.32. The van der Waals surface area contributed by atoms with Gasteiger partial charge in [-0.25, -0.2) is 8.60 Å². The maximum atomic E-state index is 13.6. The number of aryl methyl sites for hydroxylation is 1. The fourth-order valence-corrected chi connectivity index (χ4v) is 1.56. The number of rotatable bonds is 2. The van der Waals surface area contributed by atoms with E-state index in [-0.39, 0.29) is 5.82 Å². The Balaban J connectivity index is 2.94. The van der Waals surface area contributed by atoms with Crippen LogP contribution in [-0.4, -0.2) is 15.2 Å². The highest BCUT2D eigenvalue weighted by molar-refractivity contribution is 7.85. The predicted octanol–water partition coefficient (Wildman–Crippen LogP) is 3.02. The molecule has 0 bridgehead atoms. The zero-order valence-corrected chi connectivity index (χ0v) is 10.8. The average Bonchev–Trinajstić information content (AvgIpc) is 2.18. The van der Waals surface area contributed by atoms with Crippen LogP contribution in [0, 0.1) is 12.7 Å². The van der Waals surface area contributed by atoms with Crippen molar-refractivity contribution >= 4 is 17.2 Å². The van der Waals surface area contributed by atoms with Gasteiger partial charge in [0.2, 0.25) is 0 Å². The van der Waals surface area contributed by atoms with Crippen molar-refractivity contribution in [3.8, 4) is 0 Å². The molecule has 0 amide bonds. The Bertz CT molecular complexity index is 435. The molecule has 16 heavy (non-hydrogen) atoms. The summed E-state index contributed by atoms with van der Waals surface area (Å²) < 4.78 is 28.6. The summed E-state index contributed by atoms with van der Waals surface area (Å²) in [6.07, 6.45) is 1.34. The van der Waals surface area contributed by atoms with E-state index in [1.165, 1.54) is 6.21 Å². The van der Waals surface area contributed by atoms with Crippen LogP contribution in [0.2, 0.25) is 0 Å². The summed E-state index contributed by atoms with van der Waals surface area (Å²) in [6, 6.07) is 5.05. The smallest absolute Gasteiger partial charge is 0.144 e. The Morgan fingerprint density at radius 1 is 1.38 bits per heavy atom. The van der Waals surface area contributed by atoms with Crippen molar-refractivity contribution in [2.75, 3.05) is 0 Å². The number of benzene rings is 1. The summed E-state index contributed by atoms with van der Waals surface area (Å²) in [5.41, 5.74) is 0.933. The van der Waals surface area contributed by atoms with Crippen LogP contribution in [0.5, 0.6) is 0 Å². The molecule has 0 saturated carbocycles. The first kappa shape index (κ1) is 13.0. The second kappa shape index (κ2) is 4.87. The van der Waals surface area contributed by atoms with Gasteiger partial charge in [0.25, 0.3) is 0 Å². The van der Waals surface area contributed by atoms with Crippen molar-refractivity contribution in [2.24, 2.45) is 4.40 Å². The average molecular weight is 241 g/mol. The van der Waals surface area contributed by atoms with Crippen molar-refractivity contribution in [1.29, 1.82) is 0 Å². The Kier molecular flexibility index (Phi) is 3.97. The molecule has 4 heteroatoms. The molecule has 1 rings (SSSR count). The standard InChI is InChI=1S/C12H16FNOS/c1-9-6-5-7-10(11(9)13)8-14-16(15)12(2,3)4/h5-8H,1-4H3. The van der Waals surface area contributed by atoms with Crippen LogP contribution in [0.3, 0.4) is 0 Å². The van der Waals surface area contributed by atoms with Gasteiger partial charge in [-0.1, -0.05) is 18.2 Å². The van der Waals surface area contributed by atoms with Gasteiger partial charge in [-0.05, 0) is 33.3 Å². The van der Waals surface area contributed by atoms with E-state index in [4.69, 9.17) is 0 Å². The molecule has 0 radical (unpaired) electrons. The second-order valence-corrected chi connectivity index (χ2v) is 6.51. The molecular formula is C12H16FNOS. The van der Waals surface area contributed by atoms with Crippen LogP contribution in [0.15, 0.2) is 22.6 Å². The number of hydrogen-bond acceptors (Lipinski definition) is 1. The Morgan fingerprint density at radius 3 is 2.56 bits per heavy atom. The molecule has 0 N–H and O–H groups in total. The van der Waals surface area contributed by atoms with Crippen LogP contribution < -0.4 is 0 Å². The van der Waals surface area contributed by atoms with E-state index in [0.29, 0.717) is 11.1 Å². The molecular weight excluding hydrogens is 225 g/mol. The zero-order chi connectivity index (χ0) is 12.3. The van der Waals surface area contributed by atoms with E-state index < -0.39 is 15.7 Å². The second-order valence-electron chi connectivity index (χ2n) is 4.57. The van der Waals surface area contributed by atoms with Crippen LogP contribution >= 0.6 is 0 Å². The van der Waals surface area contributed by atoms with Crippen molar-refractivity contribution < 1.29 is 8.60 Å². The lowest BCUT2D eigenvalue weighted by molar-refractivity contribution is 0.616. The number of nitrogens with zero attached hydrogens (tertiary/aromatic N) is 1. The van der Waals surface area contributed by atoms with Crippen LogP contribution in [0.25, 0.3) is 0 Å². The molecule has 0 aliphatic rings. The third-order valence-corrected chi connectivity index (χ3v) is 3.38. The fraction of sp³-hybridized carbons (Fsp3) is 0.417. The zero-order valence-electron chi connectivity index (χ0n) is 9.95. The first-order valence-electron chi connectivity index (χ1n) is 5.03. The minimum atomic E-state index is -1.35. The quantitative estimate of drug-likeness (QED) is 0.732. The molecule has 0 aliphatic carbocycles. The number of halogens is 1. The summed E-state index contributed by atoms with van der Waals surface area (Å²) in [7, 11) is -1.35. The fourth-order valence-electron chi connectivity index (χ4n) is 1.03. The molecule has 0 aromatic heterocycles. The minimum Gasteiger partial charge on any atom is -0.234 e. The molecule has 0 saturated heterocycles. The molecule has 1 unspecified atom stereocenters. The van der Waals surface area contributed by atoms with E-state index in [0.717, 1.165) is 0 Å². The van der Waals surface area contributed by atoms with Crippen molar-refractivity contribution in [3.63, 3.8) is 0 Å². The van der Waals surface area contributed by atoms with E-state index in [2.05, 4.69) is 4.40 Å². The van der Waals surface area contributed by atoms with Crippen molar-refractivity contribution in [2.45, 2.75) is 32.4 Å². The largest absolute Gasteiger partial charge is 0.234 e. The van der Waals surface area contributed by atoms with Gasteiger partial charge in [-0.15, -0.1) is 0 Å². The Hall–Kier alpha value is -1.03. The highest BCUT2D eigenvalue weighted by Crippen LogP contribution is 2.14. The predicted molar refractivity (Wildman–Crippen MR) is 66.6 cm³/mol. The van der Waals surface area contributed by atoms with Gasteiger partial charge in [-0.3, -0.25) is 0 Å². The van der Waals surface area contributed by atoms with Crippen LogP contribution in [-0.2, 0) is 11.0 Å². The monoisotopic (exact) mass is 241 g/mol. The van der Waals surface area contributed by atoms with Gasteiger partial charge < -0.3 is 0 Å². The van der Waals surface area contributed by atoms with Crippen LogP contribution in [0.1, 0.15) is 31.9 Å². The molecule has 1 aromatic carbocycles. The molecule has 1 aromatic rings. The molecule has 0 heterocycles. The highest BCUT2D eigenvalue weighted by Gasteiger charge is 2.18. The highest BCUT2D eigenvalue weighted by atomic mass is 32.2. The maximum Gasteiger partial charge on any atom is 0.144 e. The van der Waals surface area contributed by atoms with Gasteiger partial charge in [-0.2, -0.15) is 4.40 Å². The molecule has 2 nitrogen and oxygen atoms in total. The van der Waals surface area contributed by atoms with Gasteiger partial charge in [0.1, 0.15) is 16.8 Å². The Morgan fingerprint density at radius 2 is 2.00 bits per heavy atom. The van der Waals surface area contributed by atoms with Crippen LogP contribution in [0.4, 0.5) is 4.39 Å². The molecule has 0 aliphatic heterocycles. The van der Waals surface area contributed by atoms with Gasteiger partial charge in [0.15, 0.2) is 0 Å². The maximum absolute atomic E-state index is 13.6. The van der Waals surface area contributed by atoms with Gasteiger partial charge >= 0.3 is 0 Å². The summed E-state index contributed by atoms with van der Waals surface area (Å²) in [5.74, 6) is -0.308. The van der Waals surface area contributed by atoms with E-state index in [1.54, 1.807) is 25.1 Å². The summed E-state index contributed by atoms with van der Waals surface area (Å²) in [5, 5.41) is 0. The SMILES string of the molecule is Cc1cccc(C=NS(=O)C(C)(C)C)c1F.